The summed E-state index contributed by atoms with van der Waals surface area (Å²) < 4.78 is 12.7. The molecule has 0 radical (unpaired) electrons. The Labute approximate surface area is 218 Å². The molecule has 194 valence electrons. The molecule has 6 nitrogen and oxygen atoms in total. The van der Waals surface area contributed by atoms with Gasteiger partial charge in [0.05, 0.1) is 6.10 Å². The fourth-order valence-corrected chi connectivity index (χ4v) is 5.58. The van der Waals surface area contributed by atoms with E-state index in [1.165, 1.54) is 0 Å². The van der Waals surface area contributed by atoms with Crippen molar-refractivity contribution < 1.29 is 24.5 Å². The van der Waals surface area contributed by atoms with Gasteiger partial charge in [0.25, 0.3) is 0 Å². The second-order valence-electron chi connectivity index (χ2n) is 10.1. The number of nitrogens with zero attached hydrogens (tertiary/aromatic N) is 1. The van der Waals surface area contributed by atoms with Crippen molar-refractivity contribution in [2.75, 3.05) is 0 Å². The highest BCUT2D eigenvalue weighted by molar-refractivity contribution is 5.75. The monoisotopic (exact) mass is 501 g/mol. The zero-order valence-corrected chi connectivity index (χ0v) is 21.3. The van der Waals surface area contributed by atoms with Gasteiger partial charge < -0.3 is 19.7 Å². The molecule has 1 aliphatic heterocycles. The van der Waals surface area contributed by atoms with E-state index in [2.05, 4.69) is 0 Å². The molecule has 6 heteroatoms. The van der Waals surface area contributed by atoms with Crippen LogP contribution in [-0.2, 0) is 29.1 Å². The number of aliphatic hydroxyl groups is 1. The lowest BCUT2D eigenvalue weighted by Gasteiger charge is -2.41. The SMILES string of the molecule is Cc1ccc2c(c1OCc1ccccc1)CC(C(=O)O)N(C(O)C(OC1CCCC1)c1ccccc1)C2. The molecule has 1 aliphatic carbocycles. The number of aryl methyl sites for hydroxylation is 1. The van der Waals surface area contributed by atoms with Crippen molar-refractivity contribution in [3.63, 3.8) is 0 Å². The predicted molar refractivity (Wildman–Crippen MR) is 141 cm³/mol. The summed E-state index contributed by atoms with van der Waals surface area (Å²) in [6, 6.07) is 22.7. The normalized spacial score (nSPS) is 19.8. The highest BCUT2D eigenvalue weighted by Gasteiger charge is 2.41. The first kappa shape index (κ1) is 25.5. The zero-order chi connectivity index (χ0) is 25.8. The standard InChI is InChI=1S/C31H35NO5/c1-21-16-17-24-19-32(30(33)29(23-12-6-3-7-13-23)37-25-14-8-9-15-25)27(31(34)35)18-26(24)28(21)36-20-22-10-4-2-5-11-22/h2-7,10-13,16-17,25,27,29-30,33H,8-9,14-15,18-20H2,1H3,(H,34,35). The Morgan fingerprint density at radius 1 is 1.00 bits per heavy atom. The minimum absolute atomic E-state index is 0.0702. The van der Waals surface area contributed by atoms with E-state index in [4.69, 9.17) is 9.47 Å². The van der Waals surface area contributed by atoms with Crippen LogP contribution in [-0.4, -0.2) is 39.5 Å². The molecule has 37 heavy (non-hydrogen) atoms. The Balaban J connectivity index is 1.44. The third kappa shape index (κ3) is 5.72. The van der Waals surface area contributed by atoms with Crippen LogP contribution in [0.5, 0.6) is 5.75 Å². The van der Waals surface area contributed by atoms with E-state index >= 15 is 0 Å². The number of ether oxygens (including phenoxy) is 2. The Hall–Kier alpha value is -3.19. The lowest BCUT2D eigenvalue weighted by atomic mass is 9.90. The molecule has 0 amide bonds. The number of hydrogen-bond acceptors (Lipinski definition) is 5. The Kier molecular flexibility index (Phi) is 7.89. The summed E-state index contributed by atoms with van der Waals surface area (Å²) in [4.78, 5) is 14.2. The third-order valence-electron chi connectivity index (χ3n) is 7.60. The van der Waals surface area contributed by atoms with E-state index in [9.17, 15) is 15.0 Å². The lowest BCUT2D eigenvalue weighted by Crippen LogP contribution is -2.53. The first-order valence-electron chi connectivity index (χ1n) is 13.2. The highest BCUT2D eigenvalue weighted by atomic mass is 16.5. The van der Waals surface area contributed by atoms with Crippen molar-refractivity contribution >= 4 is 5.97 Å². The third-order valence-corrected chi connectivity index (χ3v) is 7.60. The number of fused-ring (bicyclic) bond motifs is 1. The number of carboxylic acids is 1. The van der Waals surface area contributed by atoms with Gasteiger partial charge in [0.1, 0.15) is 30.7 Å². The Bertz CT molecular complexity index is 1190. The molecule has 0 saturated heterocycles. The summed E-state index contributed by atoms with van der Waals surface area (Å²) in [5, 5.41) is 21.9. The van der Waals surface area contributed by atoms with Crippen molar-refractivity contribution in [1.82, 2.24) is 4.90 Å². The van der Waals surface area contributed by atoms with Gasteiger partial charge in [-0.1, -0.05) is 85.6 Å². The molecule has 3 unspecified atom stereocenters. The first-order valence-corrected chi connectivity index (χ1v) is 13.2. The molecule has 1 heterocycles. The van der Waals surface area contributed by atoms with Crippen LogP contribution in [0, 0.1) is 6.92 Å². The van der Waals surface area contributed by atoms with E-state index < -0.39 is 24.3 Å². The van der Waals surface area contributed by atoms with E-state index in [1.807, 2.05) is 79.7 Å². The molecule has 3 aromatic rings. The maximum absolute atomic E-state index is 12.5. The maximum atomic E-state index is 12.5. The van der Waals surface area contributed by atoms with Gasteiger partial charge in [0, 0.05) is 18.5 Å². The zero-order valence-electron chi connectivity index (χ0n) is 21.3. The second kappa shape index (κ2) is 11.5. The number of rotatable bonds is 9. The second-order valence-corrected chi connectivity index (χ2v) is 10.1. The van der Waals surface area contributed by atoms with Crippen LogP contribution in [0.3, 0.4) is 0 Å². The molecule has 0 aromatic heterocycles. The summed E-state index contributed by atoms with van der Waals surface area (Å²) in [7, 11) is 0. The van der Waals surface area contributed by atoms with Crippen molar-refractivity contribution in [2.24, 2.45) is 0 Å². The average molecular weight is 502 g/mol. The van der Waals surface area contributed by atoms with Gasteiger partial charge in [0.15, 0.2) is 0 Å². The maximum Gasteiger partial charge on any atom is 0.321 e. The van der Waals surface area contributed by atoms with E-state index in [-0.39, 0.29) is 12.5 Å². The average Bonchev–Trinajstić information content (AvgIpc) is 3.44. The smallest absolute Gasteiger partial charge is 0.321 e. The number of carbonyl (C=O) groups is 1. The fourth-order valence-electron chi connectivity index (χ4n) is 5.58. The van der Waals surface area contributed by atoms with Crippen LogP contribution >= 0.6 is 0 Å². The van der Waals surface area contributed by atoms with E-state index in [0.29, 0.717) is 13.2 Å². The van der Waals surface area contributed by atoms with Gasteiger partial charge in [-0.05, 0) is 42.0 Å². The summed E-state index contributed by atoms with van der Waals surface area (Å²) in [6.45, 7) is 2.69. The number of aliphatic hydroxyl groups excluding tert-OH is 1. The Morgan fingerprint density at radius 3 is 2.35 bits per heavy atom. The quantitative estimate of drug-likeness (QED) is 0.409. The van der Waals surface area contributed by atoms with Gasteiger partial charge in [-0.25, -0.2) is 0 Å². The van der Waals surface area contributed by atoms with Crippen LogP contribution in [0.25, 0.3) is 0 Å². The van der Waals surface area contributed by atoms with Gasteiger partial charge in [-0.2, -0.15) is 0 Å². The molecule has 2 aliphatic rings. The van der Waals surface area contributed by atoms with Crippen LogP contribution in [0.4, 0.5) is 0 Å². The molecule has 3 aromatic carbocycles. The van der Waals surface area contributed by atoms with Gasteiger partial charge in [0.2, 0.25) is 0 Å². The molecule has 5 rings (SSSR count). The predicted octanol–water partition coefficient (Wildman–Crippen LogP) is 5.40. The van der Waals surface area contributed by atoms with Crippen LogP contribution < -0.4 is 4.74 Å². The summed E-state index contributed by atoms with van der Waals surface area (Å²) in [5.74, 6) is -0.226. The number of benzene rings is 3. The highest BCUT2D eigenvalue weighted by Crippen LogP contribution is 2.38. The number of carboxylic acid groups (broad SMARTS) is 1. The molecule has 0 spiro atoms. The summed E-state index contributed by atoms with van der Waals surface area (Å²) in [6.07, 6.45) is 2.73. The molecule has 1 fully saturated rings. The minimum Gasteiger partial charge on any atom is -0.488 e. The fraction of sp³-hybridized carbons (Fsp3) is 0.387. The first-order chi connectivity index (χ1) is 18.0. The largest absolute Gasteiger partial charge is 0.488 e. The summed E-state index contributed by atoms with van der Waals surface area (Å²) >= 11 is 0. The topological polar surface area (TPSA) is 79.2 Å². The molecule has 2 N–H and O–H groups in total. The minimum atomic E-state index is -1.10. The molecule has 0 bridgehead atoms. The van der Waals surface area contributed by atoms with E-state index in [0.717, 1.165) is 59.3 Å². The molecule has 1 saturated carbocycles. The van der Waals surface area contributed by atoms with Crippen molar-refractivity contribution in [2.45, 2.75) is 76.7 Å². The van der Waals surface area contributed by atoms with Crippen LogP contribution in [0.2, 0.25) is 0 Å². The number of aliphatic carboxylic acids is 1. The Morgan fingerprint density at radius 2 is 1.68 bits per heavy atom. The van der Waals surface area contributed by atoms with Gasteiger partial charge in [-0.15, -0.1) is 0 Å². The van der Waals surface area contributed by atoms with E-state index in [1.54, 1.807) is 4.90 Å². The molecular weight excluding hydrogens is 466 g/mol. The van der Waals surface area contributed by atoms with Crippen molar-refractivity contribution in [3.8, 4) is 5.75 Å². The lowest BCUT2D eigenvalue weighted by molar-refractivity contribution is -0.170. The number of hydrogen-bond donors (Lipinski definition) is 2. The van der Waals surface area contributed by atoms with Gasteiger partial charge >= 0.3 is 5.97 Å². The van der Waals surface area contributed by atoms with Crippen LogP contribution in [0.1, 0.15) is 59.6 Å². The van der Waals surface area contributed by atoms with Gasteiger partial charge in [-0.3, -0.25) is 9.69 Å². The molecule has 3 atom stereocenters. The molecular formula is C31H35NO5. The van der Waals surface area contributed by atoms with Crippen molar-refractivity contribution in [1.29, 1.82) is 0 Å². The van der Waals surface area contributed by atoms with Crippen molar-refractivity contribution in [3.05, 3.63) is 101 Å². The van der Waals surface area contributed by atoms with Crippen LogP contribution in [0.15, 0.2) is 72.8 Å². The summed E-state index contributed by atoms with van der Waals surface area (Å²) in [5.41, 5.74) is 4.75.